The summed E-state index contributed by atoms with van der Waals surface area (Å²) in [5.74, 6) is -1.34. The fourth-order valence-corrected chi connectivity index (χ4v) is 2.18. The molecule has 0 aliphatic rings. The second-order valence-corrected chi connectivity index (χ2v) is 5.19. The van der Waals surface area contributed by atoms with Crippen LogP contribution >= 0.6 is 23.2 Å². The highest BCUT2D eigenvalue weighted by Crippen LogP contribution is 2.22. The standard InChI is InChI=1S/C15H11Cl2NO3/c16-10-4-5-13(17)12(8-10)15(21)18-11-3-1-2-9(6-11)7-14(19)20/h1-6,8H,7H2,(H,18,21)(H,19,20). The highest BCUT2D eigenvalue weighted by molar-refractivity contribution is 6.36. The normalized spacial score (nSPS) is 10.2. The number of aliphatic carboxylic acids is 1. The number of anilines is 1. The van der Waals surface area contributed by atoms with Gasteiger partial charge in [-0.05, 0) is 35.9 Å². The van der Waals surface area contributed by atoms with Crippen molar-refractivity contribution in [2.45, 2.75) is 6.42 Å². The summed E-state index contributed by atoms with van der Waals surface area (Å²) in [6.07, 6.45) is -0.109. The Labute approximate surface area is 131 Å². The van der Waals surface area contributed by atoms with Crippen LogP contribution in [-0.2, 0) is 11.2 Å². The number of nitrogens with one attached hydrogen (secondary N) is 1. The number of rotatable bonds is 4. The van der Waals surface area contributed by atoms with Crippen molar-refractivity contribution in [3.05, 3.63) is 63.6 Å². The van der Waals surface area contributed by atoms with Gasteiger partial charge in [-0.25, -0.2) is 0 Å². The van der Waals surface area contributed by atoms with Gasteiger partial charge in [0, 0.05) is 10.7 Å². The predicted molar refractivity (Wildman–Crippen MR) is 82.2 cm³/mol. The van der Waals surface area contributed by atoms with Crippen molar-refractivity contribution >= 4 is 40.8 Å². The van der Waals surface area contributed by atoms with E-state index < -0.39 is 11.9 Å². The third kappa shape index (κ3) is 4.21. The van der Waals surface area contributed by atoms with Gasteiger partial charge in [0.25, 0.3) is 5.91 Å². The minimum atomic E-state index is -0.934. The maximum Gasteiger partial charge on any atom is 0.307 e. The molecule has 0 spiro atoms. The molecule has 2 N–H and O–H groups in total. The average Bonchev–Trinajstić information content (AvgIpc) is 2.41. The number of carbonyl (C=O) groups is 2. The largest absolute Gasteiger partial charge is 0.481 e. The Balaban J connectivity index is 2.19. The molecule has 0 fully saturated rings. The lowest BCUT2D eigenvalue weighted by Crippen LogP contribution is -2.13. The van der Waals surface area contributed by atoms with Crippen LogP contribution in [0.3, 0.4) is 0 Å². The van der Waals surface area contributed by atoms with E-state index in [2.05, 4.69) is 5.32 Å². The molecule has 0 bridgehead atoms. The molecule has 2 aromatic carbocycles. The van der Waals surface area contributed by atoms with Gasteiger partial charge < -0.3 is 10.4 Å². The Kier molecular flexibility index (Phi) is 4.83. The van der Waals surface area contributed by atoms with Gasteiger partial charge >= 0.3 is 5.97 Å². The van der Waals surface area contributed by atoms with Crippen molar-refractivity contribution in [2.75, 3.05) is 5.32 Å². The maximum atomic E-state index is 12.2. The fraction of sp³-hybridized carbons (Fsp3) is 0.0667. The number of hydrogen-bond donors (Lipinski definition) is 2. The molecule has 0 aliphatic heterocycles. The lowest BCUT2D eigenvalue weighted by atomic mass is 10.1. The number of carboxylic acids is 1. The molecule has 0 heterocycles. The Morgan fingerprint density at radius 3 is 2.57 bits per heavy atom. The van der Waals surface area contributed by atoms with E-state index in [1.54, 1.807) is 36.4 Å². The van der Waals surface area contributed by atoms with Gasteiger partial charge in [-0.15, -0.1) is 0 Å². The molecule has 6 heteroatoms. The molecule has 0 aromatic heterocycles. The second-order valence-electron chi connectivity index (χ2n) is 4.35. The Morgan fingerprint density at radius 1 is 1.10 bits per heavy atom. The summed E-state index contributed by atoms with van der Waals surface area (Å²) in [5, 5.41) is 12.1. The van der Waals surface area contributed by atoms with Crippen LogP contribution in [0.4, 0.5) is 5.69 Å². The van der Waals surface area contributed by atoms with E-state index in [-0.39, 0.29) is 12.0 Å². The maximum absolute atomic E-state index is 12.2. The van der Waals surface area contributed by atoms with Gasteiger partial charge in [0.05, 0.1) is 17.0 Å². The number of amides is 1. The molecule has 108 valence electrons. The molecule has 4 nitrogen and oxygen atoms in total. The molecule has 2 aromatic rings. The SMILES string of the molecule is O=C(O)Cc1cccc(NC(=O)c2cc(Cl)ccc2Cl)c1. The van der Waals surface area contributed by atoms with Gasteiger partial charge in [-0.3, -0.25) is 9.59 Å². The summed E-state index contributed by atoms with van der Waals surface area (Å²) < 4.78 is 0. The van der Waals surface area contributed by atoms with Crippen LogP contribution in [0.5, 0.6) is 0 Å². The molecular formula is C15H11Cl2NO3. The lowest BCUT2D eigenvalue weighted by Gasteiger charge is -2.08. The van der Waals surface area contributed by atoms with Crippen molar-refractivity contribution in [2.24, 2.45) is 0 Å². The van der Waals surface area contributed by atoms with Gasteiger partial charge in [0.15, 0.2) is 0 Å². The first kappa shape index (κ1) is 15.4. The zero-order chi connectivity index (χ0) is 15.4. The molecule has 0 saturated carbocycles. The van der Waals surface area contributed by atoms with Crippen LogP contribution in [0, 0.1) is 0 Å². The van der Waals surface area contributed by atoms with Gasteiger partial charge in [0.1, 0.15) is 0 Å². The second kappa shape index (κ2) is 6.61. The topological polar surface area (TPSA) is 66.4 Å². The van der Waals surface area contributed by atoms with Gasteiger partial charge in [0.2, 0.25) is 0 Å². The Hall–Kier alpha value is -2.04. The van der Waals surface area contributed by atoms with Crippen molar-refractivity contribution in [1.82, 2.24) is 0 Å². The minimum absolute atomic E-state index is 0.109. The van der Waals surface area contributed by atoms with Crippen molar-refractivity contribution in [3.8, 4) is 0 Å². The Bertz CT molecular complexity index is 701. The highest BCUT2D eigenvalue weighted by Gasteiger charge is 2.11. The molecule has 0 atom stereocenters. The first-order valence-corrected chi connectivity index (χ1v) is 6.78. The van der Waals surface area contributed by atoms with Crippen molar-refractivity contribution in [1.29, 1.82) is 0 Å². The summed E-state index contributed by atoms with van der Waals surface area (Å²) >= 11 is 11.8. The van der Waals surface area contributed by atoms with Gasteiger partial charge in [-0.2, -0.15) is 0 Å². The van der Waals surface area contributed by atoms with Crippen LogP contribution in [0.2, 0.25) is 10.0 Å². The van der Waals surface area contributed by atoms with Crippen molar-refractivity contribution < 1.29 is 14.7 Å². The number of carboxylic acid groups (broad SMARTS) is 1. The smallest absolute Gasteiger partial charge is 0.307 e. The molecule has 0 aliphatic carbocycles. The monoisotopic (exact) mass is 323 g/mol. The van der Waals surface area contributed by atoms with E-state index in [0.717, 1.165) is 0 Å². The third-order valence-corrected chi connectivity index (χ3v) is 3.28. The average molecular weight is 324 g/mol. The molecule has 0 radical (unpaired) electrons. The third-order valence-electron chi connectivity index (χ3n) is 2.71. The number of carbonyl (C=O) groups excluding carboxylic acids is 1. The number of halogens is 2. The van der Waals surface area contributed by atoms with E-state index in [4.69, 9.17) is 28.3 Å². The van der Waals surface area contributed by atoms with Crippen molar-refractivity contribution in [3.63, 3.8) is 0 Å². The zero-order valence-corrected chi connectivity index (χ0v) is 12.3. The highest BCUT2D eigenvalue weighted by atomic mass is 35.5. The fourth-order valence-electron chi connectivity index (χ4n) is 1.80. The van der Waals surface area contributed by atoms with Crippen LogP contribution in [0.15, 0.2) is 42.5 Å². The van der Waals surface area contributed by atoms with E-state index >= 15 is 0 Å². The first-order chi connectivity index (χ1) is 9.95. The summed E-state index contributed by atoms with van der Waals surface area (Å²) in [5.41, 5.74) is 1.35. The van der Waals surface area contributed by atoms with E-state index in [9.17, 15) is 9.59 Å². The van der Waals surface area contributed by atoms with E-state index in [0.29, 0.717) is 21.3 Å². The summed E-state index contributed by atoms with van der Waals surface area (Å²) in [4.78, 5) is 22.8. The summed E-state index contributed by atoms with van der Waals surface area (Å²) in [6.45, 7) is 0. The van der Waals surface area contributed by atoms with Crippen LogP contribution < -0.4 is 5.32 Å². The molecule has 2 rings (SSSR count). The van der Waals surface area contributed by atoms with Crippen LogP contribution in [0.25, 0.3) is 0 Å². The molecule has 21 heavy (non-hydrogen) atoms. The summed E-state index contributed by atoms with van der Waals surface area (Å²) in [7, 11) is 0. The predicted octanol–water partition coefficient (Wildman–Crippen LogP) is 3.87. The zero-order valence-electron chi connectivity index (χ0n) is 10.8. The first-order valence-electron chi connectivity index (χ1n) is 6.03. The molecule has 0 unspecified atom stereocenters. The van der Waals surface area contributed by atoms with E-state index in [1.165, 1.54) is 6.07 Å². The van der Waals surface area contributed by atoms with E-state index in [1.807, 2.05) is 0 Å². The molecule has 0 saturated heterocycles. The Morgan fingerprint density at radius 2 is 1.86 bits per heavy atom. The summed E-state index contributed by atoms with van der Waals surface area (Å²) in [6, 6.07) is 11.2. The minimum Gasteiger partial charge on any atom is -0.481 e. The molecular weight excluding hydrogens is 313 g/mol. The quantitative estimate of drug-likeness (QED) is 0.897. The number of hydrogen-bond acceptors (Lipinski definition) is 2. The lowest BCUT2D eigenvalue weighted by molar-refractivity contribution is -0.136. The van der Waals surface area contributed by atoms with Crippen LogP contribution in [0.1, 0.15) is 15.9 Å². The molecule has 1 amide bonds. The van der Waals surface area contributed by atoms with Gasteiger partial charge in [-0.1, -0.05) is 35.3 Å². The van der Waals surface area contributed by atoms with Crippen LogP contribution in [-0.4, -0.2) is 17.0 Å². The number of benzene rings is 2.